The van der Waals surface area contributed by atoms with Crippen molar-refractivity contribution in [2.24, 2.45) is 0 Å². The molecule has 1 heterocycles. The molecule has 0 saturated carbocycles. The van der Waals surface area contributed by atoms with Gasteiger partial charge in [-0.1, -0.05) is 24.3 Å². The lowest BCUT2D eigenvalue weighted by atomic mass is 9.84. The van der Waals surface area contributed by atoms with Crippen LogP contribution in [0.5, 0.6) is 5.75 Å². The summed E-state index contributed by atoms with van der Waals surface area (Å²) in [5.41, 5.74) is 3.72. The average Bonchev–Trinajstić information content (AvgIpc) is 2.67. The number of phenolic OH excluding ortho intramolecular Hbond substituents is 1. The van der Waals surface area contributed by atoms with Gasteiger partial charge in [0.25, 0.3) is 0 Å². The highest BCUT2D eigenvalue weighted by atomic mass is 16.5. The number of aliphatic hydroxyl groups excluding tert-OH is 1. The molecular weight excluding hydrogens is 354 g/mol. The first kappa shape index (κ1) is 20.8. The molecule has 0 aromatic heterocycles. The van der Waals surface area contributed by atoms with Crippen molar-refractivity contribution in [1.29, 1.82) is 0 Å². The molecule has 0 bridgehead atoms. The number of ether oxygens (including phenoxy) is 1. The van der Waals surface area contributed by atoms with Gasteiger partial charge in [0, 0.05) is 26.7 Å². The number of methoxy groups -OCH3 is 1. The Balaban J connectivity index is 1.61. The standard InChI is InChI=1S/C23H31NO4/c1-16-13-21(25)17(2)12-20(16)22(26)14-24-10-8-23(27,9-11-24)19-6-4-18(5-7-19)15-28-3/h4-7,12-13,22,25-27H,8-11,14-15H2,1-3H3. The normalized spacial score (nSPS) is 18.2. The van der Waals surface area contributed by atoms with Gasteiger partial charge in [0.05, 0.1) is 18.3 Å². The predicted molar refractivity (Wildman–Crippen MR) is 109 cm³/mol. The maximum absolute atomic E-state index is 11.1. The summed E-state index contributed by atoms with van der Waals surface area (Å²) in [4.78, 5) is 2.19. The van der Waals surface area contributed by atoms with Crippen LogP contribution < -0.4 is 0 Å². The number of aliphatic hydroxyl groups is 2. The number of β-amino-alcohol motifs (C(OH)–C–C–N with tert-alkyl or cyclic N) is 1. The minimum Gasteiger partial charge on any atom is -0.508 e. The Bertz CT molecular complexity index is 795. The van der Waals surface area contributed by atoms with Gasteiger partial charge in [-0.15, -0.1) is 0 Å². The van der Waals surface area contributed by atoms with Crippen LogP contribution in [0.1, 0.15) is 46.8 Å². The Morgan fingerprint density at radius 2 is 1.71 bits per heavy atom. The van der Waals surface area contributed by atoms with E-state index in [1.165, 1.54) is 0 Å². The van der Waals surface area contributed by atoms with Crippen LogP contribution in [-0.4, -0.2) is 47.0 Å². The van der Waals surface area contributed by atoms with E-state index in [0.29, 0.717) is 26.0 Å². The topological polar surface area (TPSA) is 73.2 Å². The number of hydrogen-bond donors (Lipinski definition) is 3. The van der Waals surface area contributed by atoms with Crippen molar-refractivity contribution < 1.29 is 20.1 Å². The molecule has 3 N–H and O–H groups in total. The van der Waals surface area contributed by atoms with Crippen LogP contribution in [0.4, 0.5) is 0 Å². The van der Waals surface area contributed by atoms with E-state index in [9.17, 15) is 15.3 Å². The quantitative estimate of drug-likeness (QED) is 0.712. The largest absolute Gasteiger partial charge is 0.508 e. The van der Waals surface area contributed by atoms with Gasteiger partial charge in [-0.3, -0.25) is 0 Å². The third-order valence-corrected chi connectivity index (χ3v) is 5.86. The Kier molecular flexibility index (Phi) is 6.40. The number of phenols is 1. The second kappa shape index (κ2) is 8.62. The summed E-state index contributed by atoms with van der Waals surface area (Å²) in [5, 5.41) is 31.6. The summed E-state index contributed by atoms with van der Waals surface area (Å²) in [6.07, 6.45) is 0.659. The van der Waals surface area contributed by atoms with E-state index in [1.54, 1.807) is 13.2 Å². The van der Waals surface area contributed by atoms with Gasteiger partial charge >= 0.3 is 0 Å². The monoisotopic (exact) mass is 385 g/mol. The smallest absolute Gasteiger partial charge is 0.118 e. The van der Waals surface area contributed by atoms with E-state index in [1.807, 2.05) is 44.2 Å². The molecule has 1 unspecified atom stereocenters. The predicted octanol–water partition coefficient (Wildman–Crippen LogP) is 3.17. The van der Waals surface area contributed by atoms with Crippen molar-refractivity contribution in [3.05, 3.63) is 64.2 Å². The molecule has 3 rings (SSSR count). The number of nitrogens with zero attached hydrogens (tertiary/aromatic N) is 1. The number of hydrogen-bond acceptors (Lipinski definition) is 5. The van der Waals surface area contributed by atoms with Crippen LogP contribution in [0.25, 0.3) is 0 Å². The van der Waals surface area contributed by atoms with Gasteiger partial charge in [0.1, 0.15) is 5.75 Å². The van der Waals surface area contributed by atoms with Gasteiger partial charge in [-0.05, 0) is 66.6 Å². The Labute approximate surface area is 167 Å². The third-order valence-electron chi connectivity index (χ3n) is 5.86. The Hall–Kier alpha value is -1.92. The molecule has 0 spiro atoms. The van der Waals surface area contributed by atoms with E-state index in [2.05, 4.69) is 4.90 Å². The minimum absolute atomic E-state index is 0.257. The minimum atomic E-state index is -0.821. The molecule has 1 fully saturated rings. The van der Waals surface area contributed by atoms with Crippen LogP contribution in [0.15, 0.2) is 36.4 Å². The lowest BCUT2D eigenvalue weighted by Gasteiger charge is -2.39. The van der Waals surface area contributed by atoms with Crippen LogP contribution >= 0.6 is 0 Å². The zero-order valence-corrected chi connectivity index (χ0v) is 17.0. The van der Waals surface area contributed by atoms with Gasteiger partial charge in [0.15, 0.2) is 0 Å². The Morgan fingerprint density at radius 1 is 1.07 bits per heavy atom. The van der Waals surface area contributed by atoms with Crippen LogP contribution in [0, 0.1) is 13.8 Å². The second-order valence-electron chi connectivity index (χ2n) is 7.97. The van der Waals surface area contributed by atoms with Crippen molar-refractivity contribution >= 4 is 0 Å². The molecule has 0 radical (unpaired) electrons. The van der Waals surface area contributed by atoms with Crippen molar-refractivity contribution in [3.8, 4) is 5.75 Å². The first-order valence-corrected chi connectivity index (χ1v) is 9.83. The molecule has 2 aromatic carbocycles. The van der Waals surface area contributed by atoms with Crippen molar-refractivity contribution in [1.82, 2.24) is 4.90 Å². The SMILES string of the molecule is COCc1ccc(C2(O)CCN(CC(O)c3cc(C)c(O)cc3C)CC2)cc1. The number of aromatic hydroxyl groups is 1. The molecule has 1 aliphatic heterocycles. The summed E-state index contributed by atoms with van der Waals surface area (Å²) in [5.74, 6) is 0.257. The van der Waals surface area contributed by atoms with Crippen molar-refractivity contribution in [2.45, 2.75) is 45.0 Å². The van der Waals surface area contributed by atoms with Gasteiger partial charge < -0.3 is 25.0 Å². The van der Waals surface area contributed by atoms with Crippen molar-refractivity contribution in [2.75, 3.05) is 26.7 Å². The summed E-state index contributed by atoms with van der Waals surface area (Å²) in [7, 11) is 1.67. The van der Waals surface area contributed by atoms with E-state index in [0.717, 1.165) is 40.9 Å². The Morgan fingerprint density at radius 3 is 2.32 bits per heavy atom. The van der Waals surface area contributed by atoms with Gasteiger partial charge in [0.2, 0.25) is 0 Å². The van der Waals surface area contributed by atoms with E-state index in [4.69, 9.17) is 4.74 Å². The summed E-state index contributed by atoms with van der Waals surface area (Å²) in [6, 6.07) is 11.5. The fourth-order valence-electron chi connectivity index (χ4n) is 4.00. The van der Waals surface area contributed by atoms with Gasteiger partial charge in [-0.2, -0.15) is 0 Å². The number of aryl methyl sites for hydroxylation is 2. The van der Waals surface area contributed by atoms with Gasteiger partial charge in [-0.25, -0.2) is 0 Å². The third kappa shape index (κ3) is 4.55. The van der Waals surface area contributed by atoms with E-state index < -0.39 is 11.7 Å². The molecule has 0 aliphatic carbocycles. The molecule has 1 atom stereocenters. The number of benzene rings is 2. The highest BCUT2D eigenvalue weighted by Crippen LogP contribution is 2.34. The molecule has 28 heavy (non-hydrogen) atoms. The van der Waals surface area contributed by atoms with Crippen LogP contribution in [-0.2, 0) is 16.9 Å². The highest BCUT2D eigenvalue weighted by molar-refractivity contribution is 5.41. The molecule has 2 aromatic rings. The summed E-state index contributed by atoms with van der Waals surface area (Å²) < 4.78 is 5.14. The molecule has 0 amide bonds. The maximum Gasteiger partial charge on any atom is 0.118 e. The highest BCUT2D eigenvalue weighted by Gasteiger charge is 2.34. The molecule has 1 saturated heterocycles. The molecule has 152 valence electrons. The van der Waals surface area contributed by atoms with Crippen molar-refractivity contribution in [3.63, 3.8) is 0 Å². The van der Waals surface area contributed by atoms with Crippen LogP contribution in [0.2, 0.25) is 0 Å². The lowest BCUT2D eigenvalue weighted by Crippen LogP contribution is -2.44. The molecule has 5 heteroatoms. The average molecular weight is 386 g/mol. The number of rotatable bonds is 6. The summed E-state index contributed by atoms with van der Waals surface area (Å²) >= 11 is 0. The maximum atomic E-state index is 11.1. The second-order valence-corrected chi connectivity index (χ2v) is 7.97. The molecule has 1 aliphatic rings. The fraction of sp³-hybridized carbons (Fsp3) is 0.478. The van der Waals surface area contributed by atoms with E-state index >= 15 is 0 Å². The number of piperidine rings is 1. The van der Waals surface area contributed by atoms with Crippen LogP contribution in [0.3, 0.4) is 0 Å². The summed E-state index contributed by atoms with van der Waals surface area (Å²) in [6.45, 7) is 6.28. The fourth-order valence-corrected chi connectivity index (χ4v) is 4.00. The first-order chi connectivity index (χ1) is 13.3. The molecule has 5 nitrogen and oxygen atoms in total. The lowest BCUT2D eigenvalue weighted by molar-refractivity contribution is -0.0345. The number of likely N-dealkylation sites (tertiary alicyclic amines) is 1. The first-order valence-electron chi connectivity index (χ1n) is 9.83. The zero-order chi connectivity index (χ0) is 20.3. The zero-order valence-electron chi connectivity index (χ0n) is 17.0. The van der Waals surface area contributed by atoms with E-state index in [-0.39, 0.29) is 5.75 Å². The molecular formula is C23H31NO4.